The quantitative estimate of drug-likeness (QED) is 0.686. The van der Waals surface area contributed by atoms with Crippen molar-refractivity contribution < 1.29 is 9.21 Å². The van der Waals surface area contributed by atoms with Crippen LogP contribution in [0.3, 0.4) is 0 Å². The predicted octanol–water partition coefficient (Wildman–Crippen LogP) is 3.95. The summed E-state index contributed by atoms with van der Waals surface area (Å²) in [5, 5.41) is 0.583. The van der Waals surface area contributed by atoms with Crippen LogP contribution in [0.2, 0.25) is 5.02 Å². The number of oxazole rings is 1. The van der Waals surface area contributed by atoms with Crippen molar-refractivity contribution >= 4 is 17.5 Å². The molecule has 0 bridgehead atoms. The third kappa shape index (κ3) is 4.21. The molecule has 4 rings (SSSR count). The van der Waals surface area contributed by atoms with Crippen LogP contribution in [0.15, 0.2) is 65.3 Å². The monoisotopic (exact) mass is 381 g/mol. The molecule has 2 aromatic carbocycles. The minimum Gasteiger partial charge on any atom is -0.444 e. The Morgan fingerprint density at radius 3 is 2.56 bits per heavy atom. The van der Waals surface area contributed by atoms with E-state index in [0.29, 0.717) is 29.6 Å². The lowest BCUT2D eigenvalue weighted by Crippen LogP contribution is -2.48. The molecule has 1 saturated heterocycles. The smallest absolute Gasteiger partial charge is 0.253 e. The largest absolute Gasteiger partial charge is 0.444 e. The maximum Gasteiger partial charge on any atom is 0.253 e. The summed E-state index contributed by atoms with van der Waals surface area (Å²) in [6.45, 7) is 3.71. The highest BCUT2D eigenvalue weighted by molar-refractivity contribution is 6.30. The van der Waals surface area contributed by atoms with Gasteiger partial charge in [-0.25, -0.2) is 4.98 Å². The molecular formula is C21H20ClN3O2. The Bertz CT molecular complexity index is 918. The zero-order chi connectivity index (χ0) is 18.6. The van der Waals surface area contributed by atoms with Gasteiger partial charge in [-0.15, -0.1) is 0 Å². The molecule has 0 spiro atoms. The summed E-state index contributed by atoms with van der Waals surface area (Å²) in [6.07, 6.45) is 1.71. The van der Waals surface area contributed by atoms with E-state index in [9.17, 15) is 4.79 Å². The van der Waals surface area contributed by atoms with Crippen molar-refractivity contribution in [3.05, 3.63) is 77.1 Å². The number of piperazine rings is 1. The van der Waals surface area contributed by atoms with Gasteiger partial charge in [-0.05, 0) is 30.3 Å². The van der Waals surface area contributed by atoms with Crippen LogP contribution < -0.4 is 0 Å². The van der Waals surface area contributed by atoms with Crippen LogP contribution in [0.25, 0.3) is 11.5 Å². The van der Waals surface area contributed by atoms with E-state index in [1.54, 1.807) is 30.5 Å². The van der Waals surface area contributed by atoms with Crippen LogP contribution >= 0.6 is 11.6 Å². The Kier molecular flexibility index (Phi) is 5.23. The van der Waals surface area contributed by atoms with E-state index in [-0.39, 0.29) is 5.91 Å². The number of hydrogen-bond donors (Lipinski definition) is 0. The van der Waals surface area contributed by atoms with Crippen molar-refractivity contribution in [1.82, 2.24) is 14.8 Å². The van der Waals surface area contributed by atoms with Crippen molar-refractivity contribution in [3.8, 4) is 11.5 Å². The van der Waals surface area contributed by atoms with Gasteiger partial charge in [0, 0.05) is 48.9 Å². The second kappa shape index (κ2) is 7.94. The highest BCUT2D eigenvalue weighted by Crippen LogP contribution is 2.19. The molecule has 3 aromatic rings. The first-order valence-electron chi connectivity index (χ1n) is 8.96. The molecular weight excluding hydrogens is 362 g/mol. The van der Waals surface area contributed by atoms with Crippen LogP contribution in [0.5, 0.6) is 0 Å². The van der Waals surface area contributed by atoms with Crippen molar-refractivity contribution in [2.24, 2.45) is 0 Å². The van der Waals surface area contributed by atoms with Crippen LogP contribution in [-0.4, -0.2) is 46.9 Å². The van der Waals surface area contributed by atoms with Gasteiger partial charge in [0.1, 0.15) is 6.26 Å². The molecule has 1 aromatic heterocycles. The second-order valence-electron chi connectivity index (χ2n) is 6.59. The van der Waals surface area contributed by atoms with E-state index in [1.807, 2.05) is 35.2 Å². The molecule has 1 fully saturated rings. The fraction of sp³-hybridized carbons (Fsp3) is 0.238. The summed E-state index contributed by atoms with van der Waals surface area (Å²) in [5.41, 5.74) is 2.52. The van der Waals surface area contributed by atoms with Crippen LogP contribution in [0.1, 0.15) is 16.1 Å². The highest BCUT2D eigenvalue weighted by Gasteiger charge is 2.23. The third-order valence-corrected chi connectivity index (χ3v) is 4.92. The molecule has 1 aliphatic heterocycles. The summed E-state index contributed by atoms with van der Waals surface area (Å²) in [6, 6.07) is 17.0. The molecule has 0 saturated carbocycles. The molecule has 0 aliphatic carbocycles. The maximum absolute atomic E-state index is 12.6. The predicted molar refractivity (Wildman–Crippen MR) is 105 cm³/mol. The Hall–Kier alpha value is -2.63. The minimum absolute atomic E-state index is 0.0324. The van der Waals surface area contributed by atoms with Crippen LogP contribution in [0.4, 0.5) is 0 Å². The summed E-state index contributed by atoms with van der Waals surface area (Å²) < 4.78 is 5.61. The van der Waals surface area contributed by atoms with Gasteiger partial charge < -0.3 is 9.32 Å². The first-order valence-corrected chi connectivity index (χ1v) is 9.34. The van der Waals surface area contributed by atoms with Gasteiger partial charge in [0.25, 0.3) is 5.91 Å². The molecule has 0 N–H and O–H groups in total. The highest BCUT2D eigenvalue weighted by atomic mass is 35.5. The molecule has 5 nitrogen and oxygen atoms in total. The van der Waals surface area contributed by atoms with E-state index in [4.69, 9.17) is 16.0 Å². The molecule has 27 heavy (non-hydrogen) atoms. The second-order valence-corrected chi connectivity index (χ2v) is 7.03. The molecule has 1 amide bonds. The molecule has 0 unspecified atom stereocenters. The molecule has 1 aliphatic rings. The number of rotatable bonds is 4. The van der Waals surface area contributed by atoms with E-state index < -0.39 is 0 Å². The van der Waals surface area contributed by atoms with E-state index >= 15 is 0 Å². The van der Waals surface area contributed by atoms with E-state index in [0.717, 1.165) is 30.9 Å². The number of carbonyl (C=O) groups excluding carboxylic acids is 1. The van der Waals surface area contributed by atoms with Crippen LogP contribution in [-0.2, 0) is 6.54 Å². The summed E-state index contributed by atoms with van der Waals surface area (Å²) in [5.74, 6) is 0.672. The summed E-state index contributed by atoms with van der Waals surface area (Å²) in [7, 11) is 0. The van der Waals surface area contributed by atoms with E-state index in [1.165, 1.54) is 0 Å². The van der Waals surface area contributed by atoms with Crippen LogP contribution in [0, 0.1) is 0 Å². The van der Waals surface area contributed by atoms with Crippen molar-refractivity contribution in [2.45, 2.75) is 6.54 Å². The normalized spacial score (nSPS) is 15.1. The Morgan fingerprint density at radius 1 is 1.04 bits per heavy atom. The van der Waals surface area contributed by atoms with E-state index in [2.05, 4.69) is 9.88 Å². The molecule has 2 heterocycles. The lowest BCUT2D eigenvalue weighted by molar-refractivity contribution is 0.0627. The van der Waals surface area contributed by atoms with Gasteiger partial charge >= 0.3 is 0 Å². The number of nitrogens with zero attached hydrogens (tertiary/aromatic N) is 3. The van der Waals surface area contributed by atoms with Gasteiger partial charge in [0.2, 0.25) is 5.89 Å². The average molecular weight is 382 g/mol. The van der Waals surface area contributed by atoms with Gasteiger partial charge in [-0.1, -0.05) is 35.9 Å². The Labute approximate surface area is 163 Å². The first kappa shape index (κ1) is 17.8. The van der Waals surface area contributed by atoms with Gasteiger partial charge in [0.05, 0.1) is 5.69 Å². The van der Waals surface area contributed by atoms with Crippen molar-refractivity contribution in [2.75, 3.05) is 26.2 Å². The number of benzene rings is 2. The zero-order valence-electron chi connectivity index (χ0n) is 14.8. The number of aromatic nitrogens is 1. The first-order chi connectivity index (χ1) is 13.2. The molecule has 0 atom stereocenters. The molecule has 6 heteroatoms. The number of hydrogen-bond acceptors (Lipinski definition) is 4. The molecule has 0 radical (unpaired) electrons. The summed E-state index contributed by atoms with van der Waals surface area (Å²) in [4.78, 5) is 21.3. The fourth-order valence-electron chi connectivity index (χ4n) is 3.24. The lowest BCUT2D eigenvalue weighted by Gasteiger charge is -2.34. The number of carbonyl (C=O) groups is 1. The Balaban J connectivity index is 1.33. The fourth-order valence-corrected chi connectivity index (χ4v) is 3.43. The van der Waals surface area contributed by atoms with Gasteiger partial charge in [0.15, 0.2) is 0 Å². The topological polar surface area (TPSA) is 49.6 Å². The number of halogens is 1. The SMILES string of the molecule is O=C(c1cccc(Cl)c1)N1CCN(Cc2coc(-c3ccccc3)n2)CC1. The van der Waals surface area contributed by atoms with Gasteiger partial charge in [-0.2, -0.15) is 0 Å². The van der Waals surface area contributed by atoms with Gasteiger partial charge in [-0.3, -0.25) is 9.69 Å². The molecule has 138 valence electrons. The summed E-state index contributed by atoms with van der Waals surface area (Å²) >= 11 is 5.99. The average Bonchev–Trinajstić information content (AvgIpc) is 3.17. The third-order valence-electron chi connectivity index (χ3n) is 4.69. The standard InChI is InChI=1S/C21H20ClN3O2/c22-18-8-4-7-17(13-18)21(26)25-11-9-24(10-12-25)14-19-15-27-20(23-19)16-5-2-1-3-6-16/h1-8,13,15H,9-12,14H2. The lowest BCUT2D eigenvalue weighted by atomic mass is 10.2. The minimum atomic E-state index is 0.0324. The van der Waals surface area contributed by atoms with Crippen molar-refractivity contribution in [1.29, 1.82) is 0 Å². The zero-order valence-corrected chi connectivity index (χ0v) is 15.6. The maximum atomic E-state index is 12.6. The van der Waals surface area contributed by atoms with Crippen molar-refractivity contribution in [3.63, 3.8) is 0 Å². The number of amides is 1. The Morgan fingerprint density at radius 2 is 1.81 bits per heavy atom.